The summed E-state index contributed by atoms with van der Waals surface area (Å²) in [6.07, 6.45) is 5.45. The molecule has 2 N–H and O–H groups in total. The van der Waals surface area contributed by atoms with Crippen molar-refractivity contribution in [2.45, 2.75) is 32.9 Å². The number of aliphatic hydroxyl groups excluding tert-OH is 1. The molecule has 0 radical (unpaired) electrons. The SMILES string of the molecule is C/C=C\C(=C/C)C(O)C(C)NC=O. The van der Waals surface area contributed by atoms with Gasteiger partial charge in [-0.1, -0.05) is 18.2 Å². The first-order chi connectivity index (χ1) is 6.17. The number of amides is 1. The molecule has 2 unspecified atom stereocenters. The molecule has 0 aliphatic heterocycles. The molecule has 3 nitrogen and oxygen atoms in total. The predicted octanol–water partition coefficient (Wildman–Crippen LogP) is 1.00. The molecule has 0 saturated heterocycles. The lowest BCUT2D eigenvalue weighted by molar-refractivity contribution is -0.110. The van der Waals surface area contributed by atoms with E-state index in [1.165, 1.54) is 0 Å². The zero-order valence-corrected chi connectivity index (χ0v) is 8.32. The highest BCUT2D eigenvalue weighted by atomic mass is 16.3. The van der Waals surface area contributed by atoms with Gasteiger partial charge in [-0.3, -0.25) is 4.79 Å². The summed E-state index contributed by atoms with van der Waals surface area (Å²) in [5.41, 5.74) is 0.810. The molecule has 0 saturated carbocycles. The van der Waals surface area contributed by atoms with Crippen molar-refractivity contribution in [3.8, 4) is 0 Å². The van der Waals surface area contributed by atoms with Gasteiger partial charge in [0.1, 0.15) is 0 Å². The molecular formula is C10H17NO2. The highest BCUT2D eigenvalue weighted by Gasteiger charge is 2.14. The molecule has 2 atom stereocenters. The average molecular weight is 183 g/mol. The fraction of sp³-hybridized carbons (Fsp3) is 0.500. The fourth-order valence-electron chi connectivity index (χ4n) is 1.05. The summed E-state index contributed by atoms with van der Waals surface area (Å²) < 4.78 is 0. The molecule has 0 aromatic carbocycles. The van der Waals surface area contributed by atoms with Crippen molar-refractivity contribution in [2.75, 3.05) is 0 Å². The molecule has 74 valence electrons. The van der Waals surface area contributed by atoms with Crippen LogP contribution in [0.5, 0.6) is 0 Å². The van der Waals surface area contributed by atoms with E-state index in [1.807, 2.05) is 32.1 Å². The molecule has 0 fully saturated rings. The van der Waals surface area contributed by atoms with Crippen LogP contribution in [0.15, 0.2) is 23.8 Å². The van der Waals surface area contributed by atoms with E-state index in [9.17, 15) is 9.90 Å². The lowest BCUT2D eigenvalue weighted by atomic mass is 10.0. The fourth-order valence-corrected chi connectivity index (χ4v) is 1.05. The Balaban J connectivity index is 4.36. The minimum absolute atomic E-state index is 0.264. The van der Waals surface area contributed by atoms with Gasteiger partial charge in [-0.25, -0.2) is 0 Å². The number of carbonyl (C=O) groups is 1. The van der Waals surface area contributed by atoms with E-state index in [0.717, 1.165) is 5.57 Å². The highest BCUT2D eigenvalue weighted by molar-refractivity contribution is 5.47. The highest BCUT2D eigenvalue weighted by Crippen LogP contribution is 2.08. The van der Waals surface area contributed by atoms with Gasteiger partial charge in [-0.15, -0.1) is 0 Å². The van der Waals surface area contributed by atoms with Crippen molar-refractivity contribution in [3.63, 3.8) is 0 Å². The lowest BCUT2D eigenvalue weighted by Crippen LogP contribution is -2.37. The third-order valence-corrected chi connectivity index (χ3v) is 1.84. The van der Waals surface area contributed by atoms with E-state index in [1.54, 1.807) is 6.92 Å². The van der Waals surface area contributed by atoms with Crippen LogP contribution in [0.1, 0.15) is 20.8 Å². The maximum absolute atomic E-state index is 10.1. The minimum atomic E-state index is -0.647. The van der Waals surface area contributed by atoms with Gasteiger partial charge in [0.15, 0.2) is 0 Å². The van der Waals surface area contributed by atoms with Crippen LogP contribution in [-0.4, -0.2) is 23.7 Å². The average Bonchev–Trinajstić information content (AvgIpc) is 2.13. The summed E-state index contributed by atoms with van der Waals surface area (Å²) in [7, 11) is 0. The molecule has 1 amide bonds. The van der Waals surface area contributed by atoms with E-state index in [2.05, 4.69) is 5.32 Å². The minimum Gasteiger partial charge on any atom is -0.386 e. The Morgan fingerprint density at radius 3 is 2.46 bits per heavy atom. The molecule has 0 aliphatic rings. The largest absolute Gasteiger partial charge is 0.386 e. The molecule has 3 heteroatoms. The number of aliphatic hydroxyl groups is 1. The van der Waals surface area contributed by atoms with Gasteiger partial charge in [-0.2, -0.15) is 0 Å². The van der Waals surface area contributed by atoms with E-state index in [-0.39, 0.29) is 6.04 Å². The van der Waals surface area contributed by atoms with Gasteiger partial charge in [0.2, 0.25) is 6.41 Å². The molecule has 0 aromatic rings. The third kappa shape index (κ3) is 3.90. The summed E-state index contributed by atoms with van der Waals surface area (Å²) in [6.45, 7) is 5.49. The van der Waals surface area contributed by atoms with E-state index in [0.29, 0.717) is 6.41 Å². The Morgan fingerprint density at radius 2 is 2.08 bits per heavy atom. The van der Waals surface area contributed by atoms with Crippen molar-refractivity contribution < 1.29 is 9.90 Å². The molecule has 0 rings (SSSR count). The van der Waals surface area contributed by atoms with E-state index < -0.39 is 6.10 Å². The number of carbonyl (C=O) groups excluding carboxylic acids is 1. The van der Waals surface area contributed by atoms with Crippen molar-refractivity contribution >= 4 is 6.41 Å². The summed E-state index contributed by atoms with van der Waals surface area (Å²) in [6, 6.07) is -0.264. The molecule has 0 bridgehead atoms. The monoisotopic (exact) mass is 183 g/mol. The van der Waals surface area contributed by atoms with Crippen LogP contribution in [0.4, 0.5) is 0 Å². The van der Waals surface area contributed by atoms with E-state index >= 15 is 0 Å². The van der Waals surface area contributed by atoms with Gasteiger partial charge in [0.25, 0.3) is 0 Å². The zero-order valence-electron chi connectivity index (χ0n) is 8.32. The number of nitrogens with one attached hydrogen (secondary N) is 1. The van der Waals surface area contributed by atoms with Gasteiger partial charge < -0.3 is 10.4 Å². The van der Waals surface area contributed by atoms with Crippen molar-refractivity contribution in [2.24, 2.45) is 0 Å². The number of allylic oxidation sites excluding steroid dienone is 2. The smallest absolute Gasteiger partial charge is 0.207 e. The maximum atomic E-state index is 10.1. The number of hydrogen-bond donors (Lipinski definition) is 2. The maximum Gasteiger partial charge on any atom is 0.207 e. The Labute approximate surface area is 79.2 Å². The Bertz CT molecular complexity index is 209. The first kappa shape index (κ1) is 11.9. The van der Waals surface area contributed by atoms with Crippen LogP contribution in [0.2, 0.25) is 0 Å². The predicted molar refractivity (Wildman–Crippen MR) is 53.2 cm³/mol. The van der Waals surface area contributed by atoms with Crippen molar-refractivity contribution in [1.29, 1.82) is 0 Å². The number of rotatable bonds is 5. The Morgan fingerprint density at radius 1 is 1.46 bits per heavy atom. The third-order valence-electron chi connectivity index (χ3n) is 1.84. The van der Waals surface area contributed by atoms with Gasteiger partial charge in [0, 0.05) is 0 Å². The summed E-state index contributed by atoms with van der Waals surface area (Å²) in [5, 5.41) is 12.2. The van der Waals surface area contributed by atoms with Crippen LogP contribution in [-0.2, 0) is 4.79 Å². The zero-order chi connectivity index (χ0) is 10.3. The quantitative estimate of drug-likeness (QED) is 0.493. The summed E-state index contributed by atoms with van der Waals surface area (Å²) >= 11 is 0. The van der Waals surface area contributed by atoms with Gasteiger partial charge >= 0.3 is 0 Å². The summed E-state index contributed by atoms with van der Waals surface area (Å²) in [5.74, 6) is 0. The standard InChI is InChI=1S/C10H17NO2/c1-4-6-9(5-2)10(13)8(3)11-7-12/h4-8,10,13H,1-3H3,(H,11,12)/b6-4-,9-5+. The van der Waals surface area contributed by atoms with Crippen LogP contribution in [0.25, 0.3) is 0 Å². The molecule has 13 heavy (non-hydrogen) atoms. The topological polar surface area (TPSA) is 49.3 Å². The molecular weight excluding hydrogens is 166 g/mol. The lowest BCUT2D eigenvalue weighted by Gasteiger charge is -2.18. The van der Waals surface area contributed by atoms with E-state index in [4.69, 9.17) is 0 Å². The second-order valence-electron chi connectivity index (χ2n) is 2.81. The van der Waals surface area contributed by atoms with Crippen LogP contribution >= 0.6 is 0 Å². The Hall–Kier alpha value is -1.09. The van der Waals surface area contributed by atoms with Crippen molar-refractivity contribution in [3.05, 3.63) is 23.8 Å². The summed E-state index contributed by atoms with van der Waals surface area (Å²) in [4.78, 5) is 10.1. The van der Waals surface area contributed by atoms with Crippen LogP contribution in [0, 0.1) is 0 Å². The first-order valence-corrected chi connectivity index (χ1v) is 4.34. The second kappa shape index (κ2) is 6.43. The Kier molecular flexibility index (Phi) is 5.89. The van der Waals surface area contributed by atoms with Crippen LogP contribution < -0.4 is 5.32 Å². The van der Waals surface area contributed by atoms with Crippen molar-refractivity contribution in [1.82, 2.24) is 5.32 Å². The molecule has 0 heterocycles. The second-order valence-corrected chi connectivity index (χ2v) is 2.81. The molecule has 0 aliphatic carbocycles. The van der Waals surface area contributed by atoms with Gasteiger partial charge in [0.05, 0.1) is 12.1 Å². The normalized spacial score (nSPS) is 17.1. The molecule has 0 spiro atoms. The van der Waals surface area contributed by atoms with Crippen LogP contribution in [0.3, 0.4) is 0 Å². The molecule has 0 aromatic heterocycles. The first-order valence-electron chi connectivity index (χ1n) is 4.34. The number of hydrogen-bond acceptors (Lipinski definition) is 2. The van der Waals surface area contributed by atoms with Gasteiger partial charge in [-0.05, 0) is 26.3 Å².